The molecule has 0 aromatic carbocycles. The van der Waals surface area contributed by atoms with Crippen LogP contribution in [-0.2, 0) is 0 Å². The molecule has 1 N–H and O–H groups in total. The number of likely N-dealkylation sites (tertiary alicyclic amines) is 1. The molecule has 0 spiro atoms. The summed E-state index contributed by atoms with van der Waals surface area (Å²) in [5, 5.41) is 6.18. The number of rotatable bonds is 6. The van der Waals surface area contributed by atoms with Crippen molar-refractivity contribution in [3.05, 3.63) is 22.4 Å². The number of hydrogen-bond acceptors (Lipinski definition) is 3. The van der Waals surface area contributed by atoms with Crippen LogP contribution in [0.3, 0.4) is 0 Å². The number of hydrogen-bond donors (Lipinski definition) is 1. The van der Waals surface area contributed by atoms with Gasteiger partial charge in [0.15, 0.2) is 0 Å². The molecule has 1 aliphatic heterocycles. The lowest BCUT2D eigenvalue weighted by Gasteiger charge is -2.29. The van der Waals surface area contributed by atoms with Crippen LogP contribution in [0.1, 0.15) is 56.4 Å². The summed E-state index contributed by atoms with van der Waals surface area (Å²) in [5.41, 5.74) is 0. The zero-order valence-corrected chi connectivity index (χ0v) is 13.5. The van der Waals surface area contributed by atoms with Crippen molar-refractivity contribution in [1.29, 1.82) is 0 Å². The molecule has 20 heavy (non-hydrogen) atoms. The quantitative estimate of drug-likeness (QED) is 0.851. The minimum Gasteiger partial charge on any atom is -0.305 e. The predicted octanol–water partition coefficient (Wildman–Crippen LogP) is 4.05. The van der Waals surface area contributed by atoms with E-state index in [2.05, 4.69) is 34.7 Å². The van der Waals surface area contributed by atoms with Crippen molar-refractivity contribution in [2.24, 2.45) is 5.92 Å². The Bertz CT molecular complexity index is 378. The van der Waals surface area contributed by atoms with Gasteiger partial charge in [0.1, 0.15) is 0 Å². The van der Waals surface area contributed by atoms with Crippen LogP contribution in [-0.4, -0.2) is 30.6 Å². The van der Waals surface area contributed by atoms with Gasteiger partial charge in [-0.15, -0.1) is 11.3 Å². The van der Waals surface area contributed by atoms with Crippen LogP contribution in [0.2, 0.25) is 0 Å². The Morgan fingerprint density at radius 1 is 1.25 bits per heavy atom. The molecule has 2 atom stereocenters. The monoisotopic (exact) mass is 292 g/mol. The van der Waals surface area contributed by atoms with E-state index in [4.69, 9.17) is 0 Å². The second-order valence-electron chi connectivity index (χ2n) is 6.61. The minimum absolute atomic E-state index is 0.593. The van der Waals surface area contributed by atoms with E-state index in [1.54, 1.807) is 4.88 Å². The van der Waals surface area contributed by atoms with Crippen molar-refractivity contribution in [2.75, 3.05) is 19.6 Å². The van der Waals surface area contributed by atoms with Gasteiger partial charge in [-0.1, -0.05) is 18.9 Å². The summed E-state index contributed by atoms with van der Waals surface area (Å²) in [4.78, 5) is 4.17. The standard InChI is InChI=1S/C17H28N2S/c1-14(13-19-10-4-5-11-19)18-17(15-7-2-3-8-15)16-9-6-12-20-16/h6,9,12,14-15,17-18H,2-5,7-8,10-11,13H2,1H3. The van der Waals surface area contributed by atoms with Crippen LogP contribution >= 0.6 is 11.3 Å². The lowest BCUT2D eigenvalue weighted by atomic mass is 9.96. The maximum absolute atomic E-state index is 3.96. The molecule has 1 saturated carbocycles. The zero-order valence-electron chi connectivity index (χ0n) is 12.7. The number of thiophene rings is 1. The van der Waals surface area contributed by atoms with Crippen LogP contribution in [0.25, 0.3) is 0 Å². The van der Waals surface area contributed by atoms with Crippen molar-refractivity contribution in [3.63, 3.8) is 0 Å². The fourth-order valence-corrected chi connectivity index (χ4v) is 4.80. The molecular formula is C17H28N2S. The Morgan fingerprint density at radius 2 is 2.00 bits per heavy atom. The summed E-state index contributed by atoms with van der Waals surface area (Å²) in [7, 11) is 0. The molecule has 1 aromatic heterocycles. The van der Waals surface area contributed by atoms with Crippen LogP contribution in [0.4, 0.5) is 0 Å². The molecule has 112 valence electrons. The predicted molar refractivity (Wildman–Crippen MR) is 87.3 cm³/mol. The molecule has 0 radical (unpaired) electrons. The first-order valence-electron chi connectivity index (χ1n) is 8.35. The third-order valence-electron chi connectivity index (χ3n) is 4.92. The summed E-state index contributed by atoms with van der Waals surface area (Å²) in [6, 6.07) is 5.72. The second kappa shape index (κ2) is 7.06. The van der Waals surface area contributed by atoms with Gasteiger partial charge in [0.05, 0.1) is 0 Å². The Balaban J connectivity index is 1.60. The van der Waals surface area contributed by atoms with Gasteiger partial charge in [-0.2, -0.15) is 0 Å². The highest BCUT2D eigenvalue weighted by Gasteiger charge is 2.28. The smallest absolute Gasteiger partial charge is 0.0445 e. The molecule has 0 bridgehead atoms. The molecule has 3 rings (SSSR count). The summed E-state index contributed by atoms with van der Waals surface area (Å²) in [5.74, 6) is 0.856. The fourth-order valence-electron chi connectivity index (χ4n) is 3.92. The fraction of sp³-hybridized carbons (Fsp3) is 0.765. The molecule has 2 nitrogen and oxygen atoms in total. The van der Waals surface area contributed by atoms with E-state index in [9.17, 15) is 0 Å². The lowest BCUT2D eigenvalue weighted by molar-refractivity contribution is 0.263. The van der Waals surface area contributed by atoms with E-state index in [-0.39, 0.29) is 0 Å². The molecule has 1 saturated heterocycles. The van der Waals surface area contributed by atoms with E-state index in [0.29, 0.717) is 12.1 Å². The van der Waals surface area contributed by atoms with Crippen LogP contribution in [0.5, 0.6) is 0 Å². The van der Waals surface area contributed by atoms with Gasteiger partial charge in [0.2, 0.25) is 0 Å². The van der Waals surface area contributed by atoms with Crippen LogP contribution < -0.4 is 5.32 Å². The van der Waals surface area contributed by atoms with E-state index >= 15 is 0 Å². The van der Waals surface area contributed by atoms with Crippen molar-refractivity contribution in [1.82, 2.24) is 10.2 Å². The van der Waals surface area contributed by atoms with Crippen molar-refractivity contribution in [3.8, 4) is 0 Å². The van der Waals surface area contributed by atoms with Gasteiger partial charge in [0.25, 0.3) is 0 Å². The molecule has 1 aromatic rings. The average Bonchev–Trinajstić information content (AvgIpc) is 3.18. The second-order valence-corrected chi connectivity index (χ2v) is 7.59. The Labute approximate surface area is 127 Å². The van der Waals surface area contributed by atoms with Gasteiger partial charge in [0, 0.05) is 23.5 Å². The van der Waals surface area contributed by atoms with E-state index < -0.39 is 0 Å². The minimum atomic E-state index is 0.593. The SMILES string of the molecule is CC(CN1CCCC1)NC(c1cccs1)C1CCCC1. The largest absolute Gasteiger partial charge is 0.305 e. The van der Waals surface area contributed by atoms with Crippen molar-refractivity contribution < 1.29 is 0 Å². The van der Waals surface area contributed by atoms with Gasteiger partial charge in [-0.3, -0.25) is 0 Å². The molecule has 2 aliphatic rings. The van der Waals surface area contributed by atoms with E-state index in [1.165, 1.54) is 58.2 Å². The third-order valence-corrected chi connectivity index (χ3v) is 5.87. The van der Waals surface area contributed by atoms with Gasteiger partial charge in [-0.25, -0.2) is 0 Å². The Kier molecular flexibility index (Phi) is 5.14. The highest BCUT2D eigenvalue weighted by molar-refractivity contribution is 7.10. The molecular weight excluding hydrogens is 264 g/mol. The Morgan fingerprint density at radius 3 is 2.65 bits per heavy atom. The Hall–Kier alpha value is -0.380. The zero-order chi connectivity index (χ0) is 13.8. The molecule has 2 fully saturated rings. The first-order chi connectivity index (χ1) is 9.83. The molecule has 0 amide bonds. The van der Waals surface area contributed by atoms with E-state index in [1.807, 2.05) is 11.3 Å². The molecule has 2 unspecified atom stereocenters. The normalized spacial score (nSPS) is 24.2. The van der Waals surface area contributed by atoms with Crippen LogP contribution in [0.15, 0.2) is 17.5 Å². The third kappa shape index (κ3) is 3.63. The van der Waals surface area contributed by atoms with Crippen molar-refractivity contribution >= 4 is 11.3 Å². The number of nitrogens with zero attached hydrogens (tertiary/aromatic N) is 1. The highest BCUT2D eigenvalue weighted by atomic mass is 32.1. The van der Waals surface area contributed by atoms with Crippen LogP contribution in [0, 0.1) is 5.92 Å². The highest BCUT2D eigenvalue weighted by Crippen LogP contribution is 2.37. The maximum Gasteiger partial charge on any atom is 0.0445 e. The summed E-state index contributed by atoms with van der Waals surface area (Å²) >= 11 is 1.93. The summed E-state index contributed by atoms with van der Waals surface area (Å²) < 4.78 is 0. The molecule has 1 aliphatic carbocycles. The van der Waals surface area contributed by atoms with Gasteiger partial charge in [-0.05, 0) is 63.1 Å². The van der Waals surface area contributed by atoms with E-state index in [0.717, 1.165) is 5.92 Å². The van der Waals surface area contributed by atoms with Gasteiger partial charge >= 0.3 is 0 Å². The average molecular weight is 292 g/mol. The van der Waals surface area contributed by atoms with Gasteiger partial charge < -0.3 is 10.2 Å². The first-order valence-corrected chi connectivity index (χ1v) is 9.22. The first kappa shape index (κ1) is 14.6. The lowest BCUT2D eigenvalue weighted by Crippen LogP contribution is -2.41. The summed E-state index contributed by atoms with van der Waals surface area (Å²) in [6.07, 6.45) is 8.45. The summed E-state index contributed by atoms with van der Waals surface area (Å²) in [6.45, 7) is 6.20. The topological polar surface area (TPSA) is 15.3 Å². The number of nitrogens with one attached hydrogen (secondary N) is 1. The molecule has 2 heterocycles. The van der Waals surface area contributed by atoms with Crippen molar-refractivity contribution in [2.45, 2.75) is 57.5 Å². The molecule has 3 heteroatoms. The maximum atomic E-state index is 3.96.